The number of hydrogen-bond donors (Lipinski definition) is 4. The summed E-state index contributed by atoms with van der Waals surface area (Å²) in [6, 6.07) is 29.7. The van der Waals surface area contributed by atoms with Gasteiger partial charge in [0.2, 0.25) is 5.91 Å². The number of carboxylic acids is 1. The highest BCUT2D eigenvalue weighted by molar-refractivity contribution is 6.30. The van der Waals surface area contributed by atoms with E-state index in [1.807, 2.05) is 71.6 Å². The Balaban J connectivity index is 0.000000738. The lowest BCUT2D eigenvalue weighted by atomic mass is 9.97. The molecule has 0 spiro atoms. The first-order valence-electron chi connectivity index (χ1n) is 14.1. The van der Waals surface area contributed by atoms with Gasteiger partial charge in [0.05, 0.1) is 6.42 Å². The Morgan fingerprint density at radius 3 is 2.11 bits per heavy atom. The number of halogens is 4. The van der Waals surface area contributed by atoms with Crippen LogP contribution in [0.2, 0.25) is 5.02 Å². The summed E-state index contributed by atoms with van der Waals surface area (Å²) in [5.41, 5.74) is 10.7. The van der Waals surface area contributed by atoms with Gasteiger partial charge in [0.1, 0.15) is 5.75 Å². The Morgan fingerprint density at radius 2 is 1.48 bits per heavy atom. The van der Waals surface area contributed by atoms with Gasteiger partial charge in [-0.15, -0.1) is 0 Å². The number of hydrogen-bond acceptors (Lipinski definition) is 5. The average molecular weight is 656 g/mol. The third kappa shape index (κ3) is 11.2. The molecular formula is C34H33ClF3N3O5. The number of carbonyl (C=O) groups is 3. The zero-order valence-corrected chi connectivity index (χ0v) is 25.4. The van der Waals surface area contributed by atoms with Crippen molar-refractivity contribution in [3.05, 3.63) is 124 Å². The van der Waals surface area contributed by atoms with Crippen LogP contribution in [0.25, 0.3) is 11.1 Å². The number of aromatic hydroxyl groups is 1. The number of alkyl halides is 3. The van der Waals surface area contributed by atoms with Gasteiger partial charge in [0.25, 0.3) is 5.91 Å². The Bertz CT molecular complexity index is 1610. The van der Waals surface area contributed by atoms with Crippen molar-refractivity contribution in [1.82, 2.24) is 10.2 Å². The molecule has 4 rings (SSSR count). The molecule has 12 heteroatoms. The lowest BCUT2D eigenvalue weighted by molar-refractivity contribution is -0.192. The molecule has 5 N–H and O–H groups in total. The normalized spacial score (nSPS) is 10.8. The van der Waals surface area contributed by atoms with Crippen molar-refractivity contribution in [2.24, 2.45) is 5.73 Å². The number of carboxylic acid groups (broad SMARTS) is 1. The smallest absolute Gasteiger partial charge is 0.490 e. The number of benzene rings is 4. The number of phenols is 1. The predicted molar refractivity (Wildman–Crippen MR) is 169 cm³/mol. The second-order valence-electron chi connectivity index (χ2n) is 10.1. The monoisotopic (exact) mass is 655 g/mol. The quantitative estimate of drug-likeness (QED) is 0.160. The van der Waals surface area contributed by atoms with Crippen molar-refractivity contribution >= 4 is 29.4 Å². The number of amides is 2. The maximum Gasteiger partial charge on any atom is 0.490 e. The van der Waals surface area contributed by atoms with Crippen molar-refractivity contribution < 1.29 is 37.8 Å². The van der Waals surface area contributed by atoms with Gasteiger partial charge in [0, 0.05) is 36.8 Å². The van der Waals surface area contributed by atoms with Crippen LogP contribution in [0.1, 0.15) is 27.0 Å². The molecule has 0 bridgehead atoms. The third-order valence-corrected chi connectivity index (χ3v) is 6.94. The zero-order chi connectivity index (χ0) is 33.7. The molecule has 8 nitrogen and oxygen atoms in total. The number of carbonyl (C=O) groups excluding carboxylic acids is 2. The minimum Gasteiger partial charge on any atom is -0.508 e. The van der Waals surface area contributed by atoms with Gasteiger partial charge in [0.15, 0.2) is 0 Å². The third-order valence-electron chi connectivity index (χ3n) is 6.68. The van der Waals surface area contributed by atoms with E-state index in [2.05, 4.69) is 5.32 Å². The second kappa shape index (κ2) is 17.0. The highest BCUT2D eigenvalue weighted by Gasteiger charge is 2.38. The molecule has 2 amide bonds. The summed E-state index contributed by atoms with van der Waals surface area (Å²) in [5.74, 6) is -2.71. The topological polar surface area (TPSA) is 133 Å². The first-order valence-corrected chi connectivity index (χ1v) is 14.5. The zero-order valence-electron chi connectivity index (χ0n) is 24.6. The van der Waals surface area contributed by atoms with E-state index in [-0.39, 0.29) is 24.0 Å². The Labute approximate surface area is 269 Å². The van der Waals surface area contributed by atoms with Gasteiger partial charge < -0.3 is 26.2 Å². The molecule has 242 valence electrons. The minimum absolute atomic E-state index is 0.00284. The molecule has 0 saturated carbocycles. The first-order chi connectivity index (χ1) is 21.9. The van der Waals surface area contributed by atoms with Gasteiger partial charge >= 0.3 is 12.1 Å². The van der Waals surface area contributed by atoms with E-state index >= 15 is 0 Å². The first kappa shape index (κ1) is 35.6. The summed E-state index contributed by atoms with van der Waals surface area (Å²) >= 11 is 6.02. The molecule has 0 heterocycles. The van der Waals surface area contributed by atoms with E-state index in [1.165, 1.54) is 0 Å². The lowest BCUT2D eigenvalue weighted by Gasteiger charge is -2.24. The minimum atomic E-state index is -5.08. The van der Waals surface area contributed by atoms with Crippen LogP contribution < -0.4 is 11.1 Å². The number of rotatable bonds is 11. The molecule has 0 fully saturated rings. The Hall–Kier alpha value is -4.87. The number of nitrogens with one attached hydrogen (secondary N) is 1. The van der Waals surface area contributed by atoms with E-state index in [4.69, 9.17) is 27.2 Å². The van der Waals surface area contributed by atoms with Gasteiger partial charge in [-0.2, -0.15) is 13.2 Å². The molecule has 0 radical (unpaired) electrons. The largest absolute Gasteiger partial charge is 0.508 e. The summed E-state index contributed by atoms with van der Waals surface area (Å²) in [6.07, 6.45) is -4.17. The fraction of sp³-hybridized carbons (Fsp3) is 0.206. The maximum absolute atomic E-state index is 13.5. The molecule has 0 aliphatic heterocycles. The lowest BCUT2D eigenvalue weighted by Crippen LogP contribution is -2.33. The van der Waals surface area contributed by atoms with Gasteiger partial charge in [-0.05, 0) is 70.6 Å². The van der Waals surface area contributed by atoms with Crippen LogP contribution in [-0.2, 0) is 29.0 Å². The van der Waals surface area contributed by atoms with Crippen molar-refractivity contribution in [1.29, 1.82) is 0 Å². The predicted octanol–water partition coefficient (Wildman–Crippen LogP) is 5.85. The van der Waals surface area contributed by atoms with Crippen molar-refractivity contribution in [2.75, 3.05) is 19.6 Å². The van der Waals surface area contributed by atoms with Crippen molar-refractivity contribution in [2.45, 2.75) is 25.6 Å². The number of phenolic OH excluding ortho intramolecular Hbond substituents is 1. The highest BCUT2D eigenvalue weighted by Crippen LogP contribution is 2.26. The van der Waals surface area contributed by atoms with E-state index in [1.54, 1.807) is 30.3 Å². The summed E-state index contributed by atoms with van der Waals surface area (Å²) in [6.45, 7) is 1.70. The molecule has 0 unspecified atom stereocenters. The number of nitrogens with two attached hydrogens (primary N) is 1. The summed E-state index contributed by atoms with van der Waals surface area (Å²) in [5, 5.41) is 20.2. The molecule has 46 heavy (non-hydrogen) atoms. The maximum atomic E-state index is 13.5. The fourth-order valence-electron chi connectivity index (χ4n) is 4.38. The molecular weight excluding hydrogens is 623 g/mol. The SMILES string of the molecule is NCCNC(=O)c1ccccc1-c1cccc(CN(CCc2ccc(O)cc2)C(=O)Cc2ccc(Cl)cc2)c1.O=C(O)C(F)(F)F. The fourth-order valence-corrected chi connectivity index (χ4v) is 4.50. The van der Waals surface area contributed by atoms with Crippen LogP contribution >= 0.6 is 11.6 Å². The summed E-state index contributed by atoms with van der Waals surface area (Å²) in [4.78, 5) is 37.0. The van der Waals surface area contributed by atoms with E-state index in [0.717, 1.165) is 27.8 Å². The molecule has 0 atom stereocenters. The van der Waals surface area contributed by atoms with E-state index < -0.39 is 12.1 Å². The molecule has 0 saturated heterocycles. The number of nitrogens with zero attached hydrogens (tertiary/aromatic N) is 1. The van der Waals surface area contributed by atoms with Crippen molar-refractivity contribution in [3.8, 4) is 16.9 Å². The van der Waals surface area contributed by atoms with Gasteiger partial charge in [-0.25, -0.2) is 4.79 Å². The van der Waals surface area contributed by atoms with Crippen LogP contribution in [-0.4, -0.2) is 58.7 Å². The average Bonchev–Trinajstić information content (AvgIpc) is 3.03. The van der Waals surface area contributed by atoms with E-state index in [9.17, 15) is 27.9 Å². The van der Waals surface area contributed by atoms with Crippen LogP contribution in [0.4, 0.5) is 13.2 Å². The van der Waals surface area contributed by atoms with Crippen LogP contribution in [0.15, 0.2) is 97.1 Å². The summed E-state index contributed by atoms with van der Waals surface area (Å²) < 4.78 is 31.7. The molecule has 0 aromatic heterocycles. The second-order valence-corrected chi connectivity index (χ2v) is 10.6. The highest BCUT2D eigenvalue weighted by atomic mass is 35.5. The van der Waals surface area contributed by atoms with Gasteiger partial charge in [-0.3, -0.25) is 9.59 Å². The van der Waals surface area contributed by atoms with Gasteiger partial charge in [-0.1, -0.05) is 72.3 Å². The molecule has 0 aliphatic rings. The van der Waals surface area contributed by atoms with Crippen LogP contribution in [0.5, 0.6) is 5.75 Å². The Morgan fingerprint density at radius 1 is 0.848 bits per heavy atom. The van der Waals surface area contributed by atoms with E-state index in [0.29, 0.717) is 43.2 Å². The Kier molecular flexibility index (Phi) is 13.2. The molecule has 4 aromatic carbocycles. The van der Waals surface area contributed by atoms with Crippen LogP contribution in [0.3, 0.4) is 0 Å². The molecule has 4 aromatic rings. The molecule has 0 aliphatic carbocycles. The van der Waals surface area contributed by atoms with Crippen LogP contribution in [0, 0.1) is 0 Å². The number of aliphatic carboxylic acids is 1. The van der Waals surface area contributed by atoms with Crippen molar-refractivity contribution in [3.63, 3.8) is 0 Å². The standard InChI is InChI=1S/C32H32ClN3O3.C2HF3O2/c33-27-12-8-24(9-13-27)21-31(38)36(19-16-23-10-14-28(37)15-11-23)22-25-4-3-5-26(20-25)29-6-1-2-7-30(29)32(39)35-18-17-34;3-2(4,5)1(6)7/h1-15,20,37H,16-19,21-22,34H2,(H,35,39);(H,6,7). The summed E-state index contributed by atoms with van der Waals surface area (Å²) in [7, 11) is 0.